The van der Waals surface area contributed by atoms with Gasteiger partial charge < -0.3 is 19.2 Å². The summed E-state index contributed by atoms with van der Waals surface area (Å²) in [4.78, 5) is 6.25. The van der Waals surface area contributed by atoms with Crippen molar-refractivity contribution in [2.24, 2.45) is 0 Å². The van der Waals surface area contributed by atoms with E-state index in [-0.39, 0.29) is 42.6 Å². The number of methoxy groups -OCH3 is 1. The maximum Gasteiger partial charge on any atom is 0.316 e. The molecule has 4 aromatic carbocycles. The minimum atomic E-state index is -0.498. The monoisotopic (exact) mass is 570 g/mol. The van der Waals surface area contributed by atoms with Crippen LogP contribution in [0.1, 0.15) is 20.8 Å². The summed E-state index contributed by atoms with van der Waals surface area (Å²) in [6.45, 7) is 6.22. The lowest BCUT2D eigenvalue weighted by atomic mass is 10.0. The molecule has 40 heavy (non-hydrogen) atoms. The van der Waals surface area contributed by atoms with Gasteiger partial charge in [0.2, 0.25) is 0 Å². The van der Waals surface area contributed by atoms with Gasteiger partial charge in [-0.15, -0.1) is 0 Å². The molecule has 0 fully saturated rings. The number of pyridine rings is 1. The van der Waals surface area contributed by atoms with Gasteiger partial charge in [-0.25, -0.2) is 4.39 Å². The molecule has 0 aliphatic heterocycles. The van der Waals surface area contributed by atoms with Crippen molar-refractivity contribution in [3.05, 3.63) is 102 Å². The Hall–Kier alpha value is -4.07. The van der Waals surface area contributed by atoms with Crippen LogP contribution in [0.25, 0.3) is 22.0 Å². The van der Waals surface area contributed by atoms with Crippen LogP contribution in [-0.2, 0) is 0 Å². The number of halogens is 2. The van der Waals surface area contributed by atoms with E-state index in [0.29, 0.717) is 33.6 Å². The van der Waals surface area contributed by atoms with E-state index in [4.69, 9.17) is 20.8 Å². The van der Waals surface area contributed by atoms with E-state index in [1.165, 1.54) is 13.2 Å². The molecule has 5 aromatic rings. The van der Waals surface area contributed by atoms with E-state index in [0.717, 1.165) is 0 Å². The summed E-state index contributed by atoms with van der Waals surface area (Å²) >= 11 is 6.86. The van der Waals surface area contributed by atoms with Crippen molar-refractivity contribution in [3.63, 3.8) is 0 Å². The normalized spacial score (nSPS) is 11.4. The van der Waals surface area contributed by atoms with Crippen molar-refractivity contribution in [1.82, 2.24) is 4.98 Å². The first-order chi connectivity index (χ1) is 19.2. The van der Waals surface area contributed by atoms with E-state index < -0.39 is 5.82 Å². The van der Waals surface area contributed by atoms with Crippen molar-refractivity contribution >= 4 is 49.3 Å². The van der Waals surface area contributed by atoms with Gasteiger partial charge in [-0.05, 0) is 34.9 Å². The molecule has 0 spiro atoms. The van der Waals surface area contributed by atoms with Gasteiger partial charge in [-0.1, -0.05) is 80.9 Å². The van der Waals surface area contributed by atoms with Crippen LogP contribution in [0.2, 0.25) is 10.1 Å². The summed E-state index contributed by atoms with van der Waals surface area (Å²) in [5.41, 5.74) is 3.02. The van der Waals surface area contributed by atoms with E-state index in [2.05, 4.69) is 25.8 Å². The fraction of sp³-hybridized carbons (Fsp3) is 0.156. The molecule has 8 heteroatoms. The van der Waals surface area contributed by atoms with Crippen molar-refractivity contribution in [2.75, 3.05) is 12.0 Å². The van der Waals surface area contributed by atoms with Gasteiger partial charge in [0.25, 0.3) is 0 Å². The smallest absolute Gasteiger partial charge is 0.316 e. The van der Waals surface area contributed by atoms with Gasteiger partial charge in [0.1, 0.15) is 5.75 Å². The number of aromatic hydroxyl groups is 1. The Labute approximate surface area is 240 Å². The highest BCUT2D eigenvalue weighted by Crippen LogP contribution is 2.48. The second-order valence-corrected chi connectivity index (χ2v) is 12.5. The number of hydrogen-bond acceptors (Lipinski definition) is 5. The van der Waals surface area contributed by atoms with Crippen molar-refractivity contribution in [1.29, 1.82) is 0 Å². The Bertz CT molecular complexity index is 1660. The molecular weight excluding hydrogens is 543 g/mol. The maximum atomic E-state index is 16.8. The van der Waals surface area contributed by atoms with Gasteiger partial charge >= 0.3 is 9.76 Å². The van der Waals surface area contributed by atoms with Crippen molar-refractivity contribution in [2.45, 2.75) is 25.8 Å². The Morgan fingerprint density at radius 2 is 1.57 bits per heavy atom. The van der Waals surface area contributed by atoms with Gasteiger partial charge in [0.05, 0.1) is 29.0 Å². The lowest BCUT2D eigenvalue weighted by Crippen LogP contribution is -2.17. The van der Waals surface area contributed by atoms with Gasteiger partial charge in [-0.2, -0.15) is 0 Å². The number of benzene rings is 4. The topological polar surface area (TPSA) is 54.8 Å². The lowest BCUT2D eigenvalue weighted by molar-refractivity contribution is 0.374. The lowest BCUT2D eigenvalue weighted by Gasteiger charge is -2.29. The Kier molecular flexibility index (Phi) is 7.69. The molecule has 1 aromatic heterocycles. The van der Waals surface area contributed by atoms with Gasteiger partial charge in [0, 0.05) is 35.0 Å². The van der Waals surface area contributed by atoms with E-state index in [1.807, 2.05) is 65.6 Å². The van der Waals surface area contributed by atoms with Crippen LogP contribution in [0.3, 0.4) is 0 Å². The van der Waals surface area contributed by atoms with E-state index >= 15 is 4.39 Å². The first kappa shape index (κ1) is 27.5. The highest BCUT2D eigenvalue weighted by atomic mass is 35.5. The predicted molar refractivity (Wildman–Crippen MR) is 161 cm³/mol. The summed E-state index contributed by atoms with van der Waals surface area (Å²) < 4.78 is 28.5. The summed E-state index contributed by atoms with van der Waals surface area (Å²) in [5, 5.41) is 11.2. The standard InChI is InChI=1S/C32H28ClFN2O3Si/c1-32(2,3)40-39-28-19-25(31(34)29(30(28)33)20-11-7-5-8-12-20)36(21-13-9-6-10-14-21)24-15-16-35-23-18-26(37)27(38-4)17-22(23)24/h5-19,37H,1-4H3. The second-order valence-electron chi connectivity index (χ2n) is 10.3. The minimum absolute atomic E-state index is 0.0335. The molecule has 0 bridgehead atoms. The number of nitrogens with zero attached hydrogens (tertiary/aromatic N) is 2. The molecular formula is C32H28ClFN2O3Si. The van der Waals surface area contributed by atoms with Crippen LogP contribution in [0.15, 0.2) is 91.1 Å². The number of fused-ring (bicyclic) bond motifs is 1. The molecule has 1 N–H and O–H groups in total. The Morgan fingerprint density at radius 3 is 2.23 bits per heavy atom. The molecule has 0 aliphatic carbocycles. The molecule has 0 saturated heterocycles. The number of rotatable bonds is 7. The molecule has 0 aliphatic rings. The number of anilines is 3. The van der Waals surface area contributed by atoms with Crippen LogP contribution >= 0.6 is 11.6 Å². The minimum Gasteiger partial charge on any atom is -0.539 e. The number of hydrogen-bond donors (Lipinski definition) is 1. The first-order valence-corrected chi connectivity index (χ1v) is 14.0. The van der Waals surface area contributed by atoms with E-state index in [1.54, 1.807) is 24.4 Å². The summed E-state index contributed by atoms with van der Waals surface area (Å²) in [6, 6.07) is 25.4. The first-order valence-electron chi connectivity index (χ1n) is 12.7. The fourth-order valence-corrected chi connectivity index (χ4v) is 5.32. The van der Waals surface area contributed by atoms with Crippen LogP contribution < -0.4 is 14.1 Å². The van der Waals surface area contributed by atoms with Gasteiger partial charge in [-0.3, -0.25) is 4.98 Å². The maximum absolute atomic E-state index is 16.8. The molecule has 1 heterocycles. The zero-order valence-corrected chi connectivity index (χ0v) is 24.3. The van der Waals surface area contributed by atoms with Gasteiger partial charge in [0.15, 0.2) is 17.3 Å². The average Bonchev–Trinajstić information content (AvgIpc) is 2.94. The SMILES string of the molecule is COc1cc2c(N(c3ccccc3)c3cc(O[Si]C(C)(C)C)c(Cl)c(-c4ccccc4)c3F)ccnc2cc1O. The third-order valence-electron chi connectivity index (χ3n) is 6.19. The molecule has 5 nitrogen and oxygen atoms in total. The zero-order chi connectivity index (χ0) is 28.4. The molecule has 2 radical (unpaired) electrons. The second kappa shape index (κ2) is 11.2. The highest BCUT2D eigenvalue weighted by Gasteiger charge is 2.27. The number of ether oxygens (including phenoxy) is 1. The quantitative estimate of drug-likeness (QED) is 0.198. The molecule has 0 saturated carbocycles. The number of phenols is 1. The van der Waals surface area contributed by atoms with E-state index in [9.17, 15) is 5.11 Å². The molecule has 0 atom stereocenters. The summed E-state index contributed by atoms with van der Waals surface area (Å²) in [7, 11) is 1.57. The molecule has 5 rings (SSSR count). The molecule has 202 valence electrons. The van der Waals surface area contributed by atoms with Crippen LogP contribution in [0.4, 0.5) is 21.5 Å². The van der Waals surface area contributed by atoms with Crippen LogP contribution in [0, 0.1) is 5.82 Å². The molecule has 0 amide bonds. The fourth-order valence-electron chi connectivity index (χ4n) is 4.39. The summed E-state index contributed by atoms with van der Waals surface area (Å²) in [5.74, 6) is 0.141. The number of para-hydroxylation sites is 1. The highest BCUT2D eigenvalue weighted by molar-refractivity contribution is 6.37. The van der Waals surface area contributed by atoms with Crippen molar-refractivity contribution < 1.29 is 18.7 Å². The predicted octanol–water partition coefficient (Wildman–Crippen LogP) is 9.09. The Morgan fingerprint density at radius 1 is 0.900 bits per heavy atom. The third-order valence-corrected chi connectivity index (χ3v) is 7.50. The van der Waals surface area contributed by atoms with Crippen LogP contribution in [0.5, 0.6) is 17.2 Å². The third kappa shape index (κ3) is 5.48. The van der Waals surface area contributed by atoms with Crippen molar-refractivity contribution in [3.8, 4) is 28.4 Å². The van der Waals surface area contributed by atoms with Crippen LogP contribution in [-0.4, -0.2) is 27.0 Å². The Balaban J connectivity index is 1.83. The number of aromatic nitrogens is 1. The number of phenolic OH excluding ortho intramolecular Hbond substituents is 1. The largest absolute Gasteiger partial charge is 0.539 e. The summed E-state index contributed by atoms with van der Waals surface area (Å²) in [6.07, 6.45) is 1.63. The average molecular weight is 571 g/mol. The zero-order valence-electron chi connectivity index (χ0n) is 22.6. The molecule has 0 unspecified atom stereocenters.